The van der Waals surface area contributed by atoms with Gasteiger partial charge in [0.15, 0.2) is 0 Å². The summed E-state index contributed by atoms with van der Waals surface area (Å²) in [5.74, 6) is -0.453. The number of nitrogens with zero attached hydrogens (tertiary/aromatic N) is 3. The van der Waals surface area contributed by atoms with Crippen LogP contribution in [0, 0.1) is 28.6 Å². The molecule has 1 aromatic rings. The molecule has 1 saturated heterocycles. The van der Waals surface area contributed by atoms with Crippen LogP contribution in [-0.2, 0) is 4.79 Å². The van der Waals surface area contributed by atoms with Crippen molar-refractivity contribution in [3.8, 4) is 12.1 Å². The van der Waals surface area contributed by atoms with E-state index in [0.29, 0.717) is 11.3 Å². The van der Waals surface area contributed by atoms with E-state index in [2.05, 4.69) is 12.1 Å². The van der Waals surface area contributed by atoms with Gasteiger partial charge in [0.1, 0.15) is 6.07 Å². The lowest BCUT2D eigenvalue weighted by atomic mass is 9.89. The molecule has 0 aromatic heterocycles. The Balaban J connectivity index is 2.55. The van der Waals surface area contributed by atoms with Crippen LogP contribution in [0.3, 0.4) is 0 Å². The van der Waals surface area contributed by atoms with Gasteiger partial charge in [-0.15, -0.1) is 0 Å². The first-order valence-corrected chi connectivity index (χ1v) is 5.74. The first-order chi connectivity index (χ1) is 8.52. The van der Waals surface area contributed by atoms with Crippen molar-refractivity contribution in [3.63, 3.8) is 0 Å². The van der Waals surface area contributed by atoms with Gasteiger partial charge in [-0.2, -0.15) is 10.5 Å². The molecule has 1 fully saturated rings. The van der Waals surface area contributed by atoms with Crippen LogP contribution in [0.25, 0.3) is 0 Å². The third-order valence-electron chi connectivity index (χ3n) is 3.48. The molecule has 4 heteroatoms. The molecule has 2 rings (SSSR count). The molecule has 1 unspecified atom stereocenters. The summed E-state index contributed by atoms with van der Waals surface area (Å²) in [6.45, 7) is 3.72. The van der Waals surface area contributed by atoms with E-state index in [-0.39, 0.29) is 18.2 Å². The van der Waals surface area contributed by atoms with E-state index in [1.54, 1.807) is 29.2 Å². The molecule has 0 saturated carbocycles. The smallest absolute Gasteiger partial charge is 0.228 e. The molecule has 1 amide bonds. The zero-order valence-corrected chi connectivity index (χ0v) is 10.3. The number of para-hydroxylation sites is 1. The van der Waals surface area contributed by atoms with Crippen LogP contribution >= 0.6 is 0 Å². The predicted molar refractivity (Wildman–Crippen MR) is 66.4 cm³/mol. The molecule has 1 aromatic carbocycles. The van der Waals surface area contributed by atoms with E-state index >= 15 is 0 Å². The minimum atomic E-state index is -0.585. The number of nitriles is 2. The van der Waals surface area contributed by atoms with E-state index in [1.165, 1.54) is 0 Å². The van der Waals surface area contributed by atoms with Gasteiger partial charge in [-0.3, -0.25) is 4.79 Å². The van der Waals surface area contributed by atoms with E-state index in [1.807, 2.05) is 13.8 Å². The molecule has 1 heterocycles. The summed E-state index contributed by atoms with van der Waals surface area (Å²) in [5, 5.41) is 18.2. The number of benzene rings is 1. The number of carbonyl (C=O) groups is 1. The Morgan fingerprint density at radius 1 is 1.33 bits per heavy atom. The molecular formula is C14H13N3O. The van der Waals surface area contributed by atoms with Crippen LogP contribution in [-0.4, -0.2) is 11.4 Å². The van der Waals surface area contributed by atoms with Crippen molar-refractivity contribution >= 4 is 11.6 Å². The van der Waals surface area contributed by atoms with Crippen molar-refractivity contribution in [2.24, 2.45) is 5.92 Å². The summed E-state index contributed by atoms with van der Waals surface area (Å²) >= 11 is 0. The van der Waals surface area contributed by atoms with Gasteiger partial charge in [0.2, 0.25) is 5.91 Å². The molecule has 1 aliphatic heterocycles. The maximum Gasteiger partial charge on any atom is 0.228 e. The Morgan fingerprint density at radius 2 is 2.00 bits per heavy atom. The van der Waals surface area contributed by atoms with Gasteiger partial charge in [-0.25, -0.2) is 0 Å². The highest BCUT2D eigenvalue weighted by Gasteiger charge is 2.47. The molecular weight excluding hydrogens is 226 g/mol. The molecule has 1 atom stereocenters. The largest absolute Gasteiger partial charge is 0.304 e. The Kier molecular flexibility index (Phi) is 2.80. The lowest BCUT2D eigenvalue weighted by Crippen LogP contribution is -2.44. The summed E-state index contributed by atoms with van der Waals surface area (Å²) in [7, 11) is 0. The zero-order valence-electron chi connectivity index (χ0n) is 10.3. The SMILES string of the molecule is CC1(C)C(C#N)CC(=O)N1c1ccccc1C#N. The number of amides is 1. The lowest BCUT2D eigenvalue weighted by molar-refractivity contribution is -0.117. The standard InChI is InChI=1S/C14H13N3O/c1-14(2)11(9-16)7-13(18)17(14)12-6-4-3-5-10(12)8-15/h3-6,11H,7H2,1-2H3. The first kappa shape index (κ1) is 12.1. The van der Waals surface area contributed by atoms with Crippen molar-refractivity contribution in [2.75, 3.05) is 4.90 Å². The summed E-state index contributed by atoms with van der Waals surface area (Å²) < 4.78 is 0. The summed E-state index contributed by atoms with van der Waals surface area (Å²) in [5.41, 5.74) is 0.462. The average Bonchev–Trinajstić information content (AvgIpc) is 2.58. The topological polar surface area (TPSA) is 67.9 Å². The molecule has 1 aliphatic rings. The van der Waals surface area contributed by atoms with E-state index in [4.69, 9.17) is 10.5 Å². The highest BCUT2D eigenvalue weighted by Crippen LogP contribution is 2.39. The Morgan fingerprint density at radius 3 is 2.56 bits per heavy atom. The number of hydrogen-bond donors (Lipinski definition) is 0. The fraction of sp³-hybridized carbons (Fsp3) is 0.357. The van der Waals surface area contributed by atoms with Crippen LogP contribution < -0.4 is 4.90 Å². The molecule has 0 N–H and O–H groups in total. The van der Waals surface area contributed by atoms with Gasteiger partial charge in [0.25, 0.3) is 0 Å². The zero-order chi connectivity index (χ0) is 13.3. The average molecular weight is 239 g/mol. The van der Waals surface area contributed by atoms with Crippen LogP contribution in [0.4, 0.5) is 5.69 Å². The minimum Gasteiger partial charge on any atom is -0.304 e. The first-order valence-electron chi connectivity index (χ1n) is 5.74. The van der Waals surface area contributed by atoms with Gasteiger partial charge in [-0.05, 0) is 26.0 Å². The van der Waals surface area contributed by atoms with Crippen LogP contribution in [0.2, 0.25) is 0 Å². The van der Waals surface area contributed by atoms with Gasteiger partial charge in [0.05, 0.1) is 28.8 Å². The lowest BCUT2D eigenvalue weighted by Gasteiger charge is -2.34. The van der Waals surface area contributed by atoms with Crippen molar-refractivity contribution in [1.82, 2.24) is 0 Å². The van der Waals surface area contributed by atoms with Gasteiger partial charge in [-0.1, -0.05) is 12.1 Å². The van der Waals surface area contributed by atoms with Crippen molar-refractivity contribution in [3.05, 3.63) is 29.8 Å². The predicted octanol–water partition coefficient (Wildman–Crippen LogP) is 2.21. The molecule has 90 valence electrons. The number of rotatable bonds is 1. The molecule has 0 aliphatic carbocycles. The summed E-state index contributed by atoms with van der Waals surface area (Å²) in [6, 6.07) is 11.2. The maximum absolute atomic E-state index is 12.1. The van der Waals surface area contributed by atoms with E-state index in [9.17, 15) is 4.79 Å². The number of hydrogen-bond acceptors (Lipinski definition) is 3. The van der Waals surface area contributed by atoms with E-state index in [0.717, 1.165) is 0 Å². The highest BCUT2D eigenvalue weighted by atomic mass is 16.2. The van der Waals surface area contributed by atoms with Crippen LogP contribution in [0.1, 0.15) is 25.8 Å². The van der Waals surface area contributed by atoms with Gasteiger partial charge in [0, 0.05) is 6.42 Å². The summed E-state index contributed by atoms with van der Waals surface area (Å²) in [4.78, 5) is 13.7. The second-order valence-electron chi connectivity index (χ2n) is 4.90. The second kappa shape index (κ2) is 4.16. The summed E-state index contributed by atoms with van der Waals surface area (Å²) in [6.07, 6.45) is 0.212. The monoisotopic (exact) mass is 239 g/mol. The fourth-order valence-electron chi connectivity index (χ4n) is 2.40. The van der Waals surface area contributed by atoms with E-state index < -0.39 is 5.54 Å². The van der Waals surface area contributed by atoms with Crippen LogP contribution in [0.5, 0.6) is 0 Å². The third-order valence-corrected chi connectivity index (χ3v) is 3.48. The van der Waals surface area contributed by atoms with Gasteiger partial charge >= 0.3 is 0 Å². The fourth-order valence-corrected chi connectivity index (χ4v) is 2.40. The second-order valence-corrected chi connectivity index (χ2v) is 4.90. The van der Waals surface area contributed by atoms with Crippen LogP contribution in [0.15, 0.2) is 24.3 Å². The minimum absolute atomic E-state index is 0.103. The Hall–Kier alpha value is -2.33. The Labute approximate surface area is 106 Å². The molecule has 4 nitrogen and oxygen atoms in total. The highest BCUT2D eigenvalue weighted by molar-refractivity contribution is 5.99. The molecule has 18 heavy (non-hydrogen) atoms. The molecule has 0 spiro atoms. The normalized spacial score (nSPS) is 21.4. The quantitative estimate of drug-likeness (QED) is 0.754. The third kappa shape index (κ3) is 1.63. The van der Waals surface area contributed by atoms with Gasteiger partial charge < -0.3 is 4.90 Å². The maximum atomic E-state index is 12.1. The number of carbonyl (C=O) groups excluding carboxylic acids is 1. The Bertz CT molecular complexity index is 577. The van der Waals surface area contributed by atoms with Crippen molar-refractivity contribution in [2.45, 2.75) is 25.8 Å². The molecule has 0 bridgehead atoms. The number of anilines is 1. The van der Waals surface area contributed by atoms with Crippen molar-refractivity contribution in [1.29, 1.82) is 10.5 Å². The molecule has 0 radical (unpaired) electrons. The van der Waals surface area contributed by atoms with Crippen molar-refractivity contribution < 1.29 is 4.79 Å².